The van der Waals surface area contributed by atoms with Crippen LogP contribution in [0.4, 0.5) is 0 Å². The van der Waals surface area contributed by atoms with Crippen molar-refractivity contribution < 1.29 is 14.6 Å². The number of amides is 1. The van der Waals surface area contributed by atoms with Gasteiger partial charge in [0.1, 0.15) is 11.5 Å². The monoisotopic (exact) mass is 257 g/mol. The molecule has 1 amide bonds. The number of phenolic OH excluding ortho intramolecular Hbond substituents is 1. The maximum absolute atomic E-state index is 11.8. The number of ether oxygens (including phenoxy) is 1. The molecule has 0 radical (unpaired) electrons. The Bertz CT molecular complexity index is 395. The normalized spacial score (nSPS) is 11.9. The van der Waals surface area contributed by atoms with E-state index in [9.17, 15) is 9.90 Å². The van der Waals surface area contributed by atoms with Crippen molar-refractivity contribution in [2.24, 2.45) is 0 Å². The SMILES string of the molecule is COc1ccc(C(=O)NC(C)CCCl)c(O)c1. The first-order chi connectivity index (χ1) is 8.08. The van der Waals surface area contributed by atoms with Crippen LogP contribution in [0.3, 0.4) is 0 Å². The second-order valence-electron chi connectivity index (χ2n) is 3.74. The van der Waals surface area contributed by atoms with Crippen LogP contribution in [0.1, 0.15) is 23.7 Å². The summed E-state index contributed by atoms with van der Waals surface area (Å²) in [5.74, 6) is 0.575. The van der Waals surface area contributed by atoms with Gasteiger partial charge < -0.3 is 15.2 Å². The van der Waals surface area contributed by atoms with Crippen LogP contribution >= 0.6 is 11.6 Å². The van der Waals surface area contributed by atoms with Crippen LogP contribution in [-0.2, 0) is 0 Å². The molecular formula is C12H16ClNO3. The molecule has 0 aliphatic carbocycles. The predicted molar refractivity (Wildman–Crippen MR) is 66.9 cm³/mol. The highest BCUT2D eigenvalue weighted by Gasteiger charge is 2.13. The minimum atomic E-state index is -0.317. The average molecular weight is 258 g/mol. The molecule has 0 bridgehead atoms. The van der Waals surface area contributed by atoms with Crippen LogP contribution in [0.2, 0.25) is 0 Å². The predicted octanol–water partition coefficient (Wildman–Crippen LogP) is 2.15. The average Bonchev–Trinajstić information content (AvgIpc) is 2.28. The molecule has 1 rings (SSSR count). The number of hydrogen-bond donors (Lipinski definition) is 2. The van der Waals surface area contributed by atoms with Gasteiger partial charge in [-0.05, 0) is 25.5 Å². The van der Waals surface area contributed by atoms with Crippen LogP contribution in [0, 0.1) is 0 Å². The molecule has 0 fully saturated rings. The summed E-state index contributed by atoms with van der Waals surface area (Å²) in [6, 6.07) is 4.53. The number of alkyl halides is 1. The standard InChI is InChI=1S/C12H16ClNO3/c1-8(5-6-13)14-12(16)10-4-3-9(17-2)7-11(10)15/h3-4,7-8,15H,5-6H2,1-2H3,(H,14,16). The molecular weight excluding hydrogens is 242 g/mol. The van der Waals surface area contributed by atoms with E-state index in [4.69, 9.17) is 16.3 Å². The van der Waals surface area contributed by atoms with Crippen molar-refractivity contribution in [2.75, 3.05) is 13.0 Å². The lowest BCUT2D eigenvalue weighted by Crippen LogP contribution is -2.32. The first kappa shape index (κ1) is 13.6. The van der Waals surface area contributed by atoms with E-state index in [0.29, 0.717) is 18.1 Å². The minimum absolute atomic E-state index is 0.0264. The van der Waals surface area contributed by atoms with Gasteiger partial charge in [0.2, 0.25) is 0 Å². The minimum Gasteiger partial charge on any atom is -0.507 e. The van der Waals surface area contributed by atoms with E-state index in [-0.39, 0.29) is 23.3 Å². The summed E-state index contributed by atoms with van der Waals surface area (Å²) < 4.78 is 4.94. The van der Waals surface area contributed by atoms with E-state index in [1.807, 2.05) is 6.92 Å². The first-order valence-corrected chi connectivity index (χ1v) is 5.85. The summed E-state index contributed by atoms with van der Waals surface area (Å²) in [4.78, 5) is 11.8. The fourth-order valence-electron chi connectivity index (χ4n) is 1.37. The van der Waals surface area contributed by atoms with E-state index in [1.54, 1.807) is 6.07 Å². The Kier molecular flexibility index (Phi) is 5.10. The molecule has 1 atom stereocenters. The number of aromatic hydroxyl groups is 1. The van der Waals surface area contributed by atoms with Crippen molar-refractivity contribution in [3.8, 4) is 11.5 Å². The largest absolute Gasteiger partial charge is 0.507 e. The van der Waals surface area contributed by atoms with E-state index in [1.165, 1.54) is 19.2 Å². The molecule has 4 nitrogen and oxygen atoms in total. The Morgan fingerprint density at radius 1 is 1.59 bits per heavy atom. The molecule has 1 aromatic carbocycles. The molecule has 94 valence electrons. The van der Waals surface area contributed by atoms with Gasteiger partial charge in [0.15, 0.2) is 0 Å². The third-order valence-electron chi connectivity index (χ3n) is 2.37. The van der Waals surface area contributed by atoms with Crippen molar-refractivity contribution in [1.29, 1.82) is 0 Å². The van der Waals surface area contributed by atoms with Crippen molar-refractivity contribution in [1.82, 2.24) is 5.32 Å². The number of rotatable bonds is 5. The molecule has 0 aromatic heterocycles. The Morgan fingerprint density at radius 2 is 2.29 bits per heavy atom. The van der Waals surface area contributed by atoms with E-state index < -0.39 is 0 Å². The quantitative estimate of drug-likeness (QED) is 0.795. The zero-order chi connectivity index (χ0) is 12.8. The van der Waals surface area contributed by atoms with E-state index in [2.05, 4.69) is 5.32 Å². The number of carbonyl (C=O) groups is 1. The molecule has 0 saturated heterocycles. The van der Waals surface area contributed by atoms with E-state index in [0.717, 1.165) is 0 Å². The molecule has 0 spiro atoms. The fourth-order valence-corrected chi connectivity index (χ4v) is 1.70. The van der Waals surface area contributed by atoms with Crippen LogP contribution in [-0.4, -0.2) is 30.0 Å². The third kappa shape index (κ3) is 3.82. The molecule has 0 aliphatic heterocycles. The number of carbonyl (C=O) groups excluding carboxylic acids is 1. The highest BCUT2D eigenvalue weighted by molar-refractivity contribution is 6.17. The van der Waals surface area contributed by atoms with Crippen LogP contribution in [0.25, 0.3) is 0 Å². The van der Waals surface area contributed by atoms with Crippen LogP contribution in [0.15, 0.2) is 18.2 Å². The van der Waals surface area contributed by atoms with Crippen molar-refractivity contribution in [2.45, 2.75) is 19.4 Å². The Hall–Kier alpha value is -1.42. The Labute approximate surface area is 106 Å². The van der Waals surface area contributed by atoms with Gasteiger partial charge in [-0.25, -0.2) is 0 Å². The molecule has 1 aromatic rings. The molecule has 0 aliphatic rings. The second-order valence-corrected chi connectivity index (χ2v) is 4.11. The van der Waals surface area contributed by atoms with Crippen LogP contribution in [0.5, 0.6) is 11.5 Å². The van der Waals surface area contributed by atoms with Gasteiger partial charge in [0, 0.05) is 18.0 Å². The van der Waals surface area contributed by atoms with Gasteiger partial charge >= 0.3 is 0 Å². The Balaban J connectivity index is 2.75. The van der Waals surface area contributed by atoms with Gasteiger partial charge in [-0.15, -0.1) is 11.6 Å². The maximum Gasteiger partial charge on any atom is 0.255 e. The summed E-state index contributed by atoms with van der Waals surface area (Å²) in [5, 5.41) is 12.4. The number of halogens is 1. The van der Waals surface area contributed by atoms with Crippen molar-refractivity contribution >= 4 is 17.5 Å². The Morgan fingerprint density at radius 3 is 2.82 bits per heavy atom. The summed E-state index contributed by atoms with van der Waals surface area (Å²) in [5.41, 5.74) is 0.229. The summed E-state index contributed by atoms with van der Waals surface area (Å²) in [7, 11) is 1.50. The van der Waals surface area contributed by atoms with Crippen molar-refractivity contribution in [3.63, 3.8) is 0 Å². The molecule has 5 heteroatoms. The number of nitrogens with one attached hydrogen (secondary N) is 1. The zero-order valence-electron chi connectivity index (χ0n) is 9.87. The van der Waals surface area contributed by atoms with Gasteiger partial charge in [-0.2, -0.15) is 0 Å². The number of phenols is 1. The lowest BCUT2D eigenvalue weighted by Gasteiger charge is -2.13. The molecule has 17 heavy (non-hydrogen) atoms. The zero-order valence-corrected chi connectivity index (χ0v) is 10.6. The van der Waals surface area contributed by atoms with E-state index >= 15 is 0 Å². The number of benzene rings is 1. The smallest absolute Gasteiger partial charge is 0.255 e. The second kappa shape index (κ2) is 6.35. The van der Waals surface area contributed by atoms with Gasteiger partial charge in [-0.3, -0.25) is 4.79 Å². The fraction of sp³-hybridized carbons (Fsp3) is 0.417. The molecule has 1 unspecified atom stereocenters. The molecule has 0 heterocycles. The van der Waals surface area contributed by atoms with Crippen molar-refractivity contribution in [3.05, 3.63) is 23.8 Å². The third-order valence-corrected chi connectivity index (χ3v) is 2.59. The number of methoxy groups -OCH3 is 1. The first-order valence-electron chi connectivity index (χ1n) is 5.32. The maximum atomic E-state index is 11.8. The summed E-state index contributed by atoms with van der Waals surface area (Å²) >= 11 is 5.58. The molecule has 0 saturated carbocycles. The van der Waals surface area contributed by atoms with Gasteiger partial charge in [-0.1, -0.05) is 0 Å². The summed E-state index contributed by atoms with van der Waals surface area (Å²) in [6.07, 6.45) is 0.685. The molecule has 2 N–H and O–H groups in total. The summed E-state index contributed by atoms with van der Waals surface area (Å²) in [6.45, 7) is 1.86. The van der Waals surface area contributed by atoms with Gasteiger partial charge in [0.05, 0.1) is 12.7 Å². The topological polar surface area (TPSA) is 58.6 Å². The number of hydrogen-bond acceptors (Lipinski definition) is 3. The lowest BCUT2D eigenvalue weighted by atomic mass is 10.1. The van der Waals surface area contributed by atoms with Crippen LogP contribution < -0.4 is 10.1 Å². The van der Waals surface area contributed by atoms with Gasteiger partial charge in [0.25, 0.3) is 5.91 Å². The lowest BCUT2D eigenvalue weighted by molar-refractivity contribution is 0.0937. The highest BCUT2D eigenvalue weighted by Crippen LogP contribution is 2.23. The highest BCUT2D eigenvalue weighted by atomic mass is 35.5.